The number of fused-ring (bicyclic) bond motifs is 5. The summed E-state index contributed by atoms with van der Waals surface area (Å²) in [6, 6.07) is 7.21. The van der Waals surface area contributed by atoms with Crippen LogP contribution in [0.15, 0.2) is 48.6 Å². The van der Waals surface area contributed by atoms with Crippen molar-refractivity contribution >= 4 is 11.8 Å². The van der Waals surface area contributed by atoms with Crippen molar-refractivity contribution in [2.45, 2.75) is 62.4 Å². The van der Waals surface area contributed by atoms with Gasteiger partial charge in [0.1, 0.15) is 23.4 Å². The van der Waals surface area contributed by atoms with Gasteiger partial charge in [0.2, 0.25) is 11.8 Å². The smallest absolute Gasteiger partial charge is 0.243 e. The fourth-order valence-corrected chi connectivity index (χ4v) is 5.88. The van der Waals surface area contributed by atoms with E-state index in [0.717, 1.165) is 17.2 Å². The van der Waals surface area contributed by atoms with Crippen LogP contribution in [-0.4, -0.2) is 66.8 Å². The van der Waals surface area contributed by atoms with Crippen molar-refractivity contribution < 1.29 is 33.0 Å². The zero-order chi connectivity index (χ0) is 28.2. The highest BCUT2D eigenvalue weighted by Gasteiger charge is 2.36. The molecule has 0 aromatic heterocycles. The topological polar surface area (TPSA) is 100 Å². The lowest BCUT2D eigenvalue weighted by molar-refractivity contribution is -0.138. The molecule has 0 spiro atoms. The molecule has 2 bridgehead atoms. The van der Waals surface area contributed by atoms with Gasteiger partial charge in [0, 0.05) is 31.6 Å². The summed E-state index contributed by atoms with van der Waals surface area (Å²) >= 11 is 0. The van der Waals surface area contributed by atoms with Gasteiger partial charge in [-0.15, -0.1) is 0 Å². The standard InChI is InChI=1S/C30H35F2N3O5/c1-39-21-7-8-22-23(15-21)24-16-28(22)40-10-3-2-5-26(35-9-4-6-29(35)37)30(38)34-25(27(36)17-33-24)13-18-11-19(31)14-20(32)12-18/h2-3,7-8,11-12,14-15,24-28,33,36H,4-6,9-10,13,16-17H2,1H3,(H,34,38)/b3-2-/t24-,25-,26-,27+,28+/m0/s1. The summed E-state index contributed by atoms with van der Waals surface area (Å²) in [5.41, 5.74) is 2.35. The Bertz CT molecular complexity index is 1250. The van der Waals surface area contributed by atoms with Crippen LogP contribution < -0.4 is 15.4 Å². The maximum atomic E-state index is 14.0. The molecule has 0 radical (unpaired) electrons. The molecule has 1 saturated heterocycles. The van der Waals surface area contributed by atoms with Crippen molar-refractivity contribution in [1.29, 1.82) is 0 Å². The number of methoxy groups -OCH3 is 1. The first-order chi connectivity index (χ1) is 19.3. The van der Waals surface area contributed by atoms with Crippen molar-refractivity contribution in [1.82, 2.24) is 15.5 Å². The third-order valence-electron chi connectivity index (χ3n) is 7.92. The van der Waals surface area contributed by atoms with Crippen LogP contribution >= 0.6 is 0 Å². The van der Waals surface area contributed by atoms with E-state index < -0.39 is 35.7 Å². The molecule has 5 rings (SSSR count). The predicted octanol–water partition coefficient (Wildman–Crippen LogP) is 3.10. The molecular weight excluding hydrogens is 520 g/mol. The quantitative estimate of drug-likeness (QED) is 0.502. The molecule has 10 heteroatoms. The lowest BCUT2D eigenvalue weighted by Gasteiger charge is -2.31. The predicted molar refractivity (Wildman–Crippen MR) is 144 cm³/mol. The summed E-state index contributed by atoms with van der Waals surface area (Å²) in [4.78, 5) is 27.7. The zero-order valence-corrected chi connectivity index (χ0v) is 22.4. The number of benzene rings is 2. The molecule has 0 unspecified atom stereocenters. The van der Waals surface area contributed by atoms with Gasteiger partial charge in [-0.2, -0.15) is 0 Å². The van der Waals surface area contributed by atoms with Crippen molar-refractivity contribution in [3.63, 3.8) is 0 Å². The first-order valence-electron chi connectivity index (χ1n) is 13.7. The Hall–Kier alpha value is -3.34. The summed E-state index contributed by atoms with van der Waals surface area (Å²) < 4.78 is 39.6. The first-order valence-corrected chi connectivity index (χ1v) is 13.7. The van der Waals surface area contributed by atoms with Crippen LogP contribution in [0, 0.1) is 11.6 Å². The SMILES string of the molecule is COc1ccc2c(c1)[C@@H]1C[C@H]2OC/C=C\C[C@H](N2CCCC2=O)C(=O)N[C@@H](Cc2cc(F)cc(F)c2)[C@H](O)CN1. The highest BCUT2D eigenvalue weighted by Crippen LogP contribution is 2.42. The van der Waals surface area contributed by atoms with Gasteiger partial charge >= 0.3 is 0 Å². The Labute approximate surface area is 232 Å². The van der Waals surface area contributed by atoms with Crippen molar-refractivity contribution in [3.8, 4) is 5.75 Å². The second-order valence-corrected chi connectivity index (χ2v) is 10.6. The number of aliphatic hydroxyl groups excluding tert-OH is 1. The summed E-state index contributed by atoms with van der Waals surface area (Å²) in [5.74, 6) is -1.29. The number of β-amino-alcohol motifs (C(OH)–C–C–N with tert-alkyl or cyclic N) is 1. The maximum absolute atomic E-state index is 14.0. The average molecular weight is 556 g/mol. The van der Waals surface area contributed by atoms with Crippen LogP contribution in [0.4, 0.5) is 8.78 Å². The molecule has 2 aromatic rings. The van der Waals surface area contributed by atoms with E-state index in [0.29, 0.717) is 43.7 Å². The molecule has 214 valence electrons. The van der Waals surface area contributed by atoms with E-state index in [1.54, 1.807) is 12.0 Å². The van der Waals surface area contributed by atoms with Gasteiger partial charge in [0.05, 0.1) is 32.0 Å². The normalized spacial score (nSPS) is 28.4. The number of amides is 2. The Kier molecular flexibility index (Phi) is 8.78. The van der Waals surface area contributed by atoms with E-state index >= 15 is 0 Å². The van der Waals surface area contributed by atoms with E-state index in [2.05, 4.69) is 10.6 Å². The van der Waals surface area contributed by atoms with E-state index in [9.17, 15) is 23.5 Å². The molecule has 8 nitrogen and oxygen atoms in total. The number of carbonyl (C=O) groups excluding carboxylic acids is 2. The Balaban J connectivity index is 1.44. The van der Waals surface area contributed by atoms with Gasteiger partial charge in [-0.1, -0.05) is 18.2 Å². The van der Waals surface area contributed by atoms with Crippen LogP contribution in [0.3, 0.4) is 0 Å². The number of hydrogen-bond acceptors (Lipinski definition) is 6. The number of likely N-dealkylation sites (tertiary alicyclic amines) is 1. The Morgan fingerprint density at radius 1 is 1.10 bits per heavy atom. The van der Waals surface area contributed by atoms with Crippen LogP contribution in [0.5, 0.6) is 5.75 Å². The zero-order valence-electron chi connectivity index (χ0n) is 22.4. The van der Waals surface area contributed by atoms with E-state index in [1.165, 1.54) is 12.1 Å². The minimum absolute atomic E-state index is 0.000580. The van der Waals surface area contributed by atoms with Gasteiger partial charge in [-0.3, -0.25) is 9.59 Å². The minimum Gasteiger partial charge on any atom is -0.497 e. The molecule has 40 heavy (non-hydrogen) atoms. The lowest BCUT2D eigenvalue weighted by Crippen LogP contribution is -2.55. The number of aliphatic hydroxyl groups is 1. The van der Waals surface area contributed by atoms with E-state index in [1.807, 2.05) is 30.4 Å². The summed E-state index contributed by atoms with van der Waals surface area (Å²) in [6.45, 7) is 0.902. The molecule has 3 N–H and O–H groups in total. The van der Waals surface area contributed by atoms with Crippen LogP contribution in [-0.2, 0) is 20.7 Å². The molecule has 2 aliphatic heterocycles. The van der Waals surface area contributed by atoms with Crippen molar-refractivity contribution in [2.75, 3.05) is 26.8 Å². The molecule has 2 amide bonds. The number of hydrogen-bond donors (Lipinski definition) is 3. The second kappa shape index (κ2) is 12.4. The molecular formula is C30H35F2N3O5. The minimum atomic E-state index is -1.10. The highest BCUT2D eigenvalue weighted by atomic mass is 19.1. The maximum Gasteiger partial charge on any atom is 0.243 e. The average Bonchev–Trinajstić information content (AvgIpc) is 3.50. The number of carbonyl (C=O) groups is 2. The van der Waals surface area contributed by atoms with Gasteiger partial charge in [-0.05, 0) is 66.6 Å². The fourth-order valence-electron chi connectivity index (χ4n) is 5.88. The molecule has 1 fully saturated rings. The lowest BCUT2D eigenvalue weighted by atomic mass is 9.99. The van der Waals surface area contributed by atoms with Gasteiger partial charge < -0.3 is 30.1 Å². The molecule has 1 aliphatic carbocycles. The van der Waals surface area contributed by atoms with Gasteiger partial charge in [0.15, 0.2) is 0 Å². The van der Waals surface area contributed by atoms with Crippen molar-refractivity contribution in [2.24, 2.45) is 0 Å². The largest absolute Gasteiger partial charge is 0.497 e. The Morgan fingerprint density at radius 2 is 1.90 bits per heavy atom. The fraction of sp³-hybridized carbons (Fsp3) is 0.467. The third kappa shape index (κ3) is 6.35. The number of nitrogens with zero attached hydrogens (tertiary/aromatic N) is 1. The monoisotopic (exact) mass is 555 g/mol. The number of nitrogens with one attached hydrogen (secondary N) is 2. The summed E-state index contributed by atoms with van der Waals surface area (Å²) in [6.07, 6.45) is 4.38. The first kappa shape index (κ1) is 28.2. The van der Waals surface area contributed by atoms with Gasteiger partial charge in [0.25, 0.3) is 0 Å². The molecule has 5 atom stereocenters. The van der Waals surface area contributed by atoms with Crippen molar-refractivity contribution in [3.05, 3.63) is 76.9 Å². The Morgan fingerprint density at radius 3 is 2.62 bits per heavy atom. The summed E-state index contributed by atoms with van der Waals surface area (Å²) in [5, 5.41) is 17.6. The van der Waals surface area contributed by atoms with Crippen LogP contribution in [0.25, 0.3) is 0 Å². The highest BCUT2D eigenvalue weighted by molar-refractivity contribution is 5.89. The van der Waals surface area contributed by atoms with E-state index in [-0.39, 0.29) is 37.4 Å². The number of halogens is 2. The third-order valence-corrected chi connectivity index (χ3v) is 7.92. The molecule has 2 heterocycles. The molecule has 0 saturated carbocycles. The van der Waals surface area contributed by atoms with E-state index in [4.69, 9.17) is 9.47 Å². The van der Waals surface area contributed by atoms with Crippen LogP contribution in [0.1, 0.15) is 54.5 Å². The molecule has 3 aliphatic rings. The second-order valence-electron chi connectivity index (χ2n) is 10.6. The number of ether oxygens (including phenoxy) is 2. The molecule has 2 aromatic carbocycles. The summed E-state index contributed by atoms with van der Waals surface area (Å²) in [7, 11) is 1.60. The number of rotatable bonds is 4. The van der Waals surface area contributed by atoms with Crippen LogP contribution in [0.2, 0.25) is 0 Å². The van der Waals surface area contributed by atoms with Gasteiger partial charge in [-0.25, -0.2) is 8.78 Å².